The lowest BCUT2D eigenvalue weighted by Gasteiger charge is -2.28. The Morgan fingerprint density at radius 1 is 1.10 bits per heavy atom. The van der Waals surface area contributed by atoms with Gasteiger partial charge in [-0.3, -0.25) is 9.59 Å². The predicted molar refractivity (Wildman–Crippen MR) is 80.7 cm³/mol. The summed E-state index contributed by atoms with van der Waals surface area (Å²) in [4.78, 5) is 25.8. The highest BCUT2D eigenvalue weighted by atomic mass is 16.2. The van der Waals surface area contributed by atoms with Crippen LogP contribution >= 0.6 is 0 Å². The molecule has 3 rings (SSSR count). The Morgan fingerprint density at radius 2 is 1.76 bits per heavy atom. The van der Waals surface area contributed by atoms with Gasteiger partial charge in [-0.15, -0.1) is 0 Å². The maximum Gasteiger partial charge on any atom is 0.224 e. The fourth-order valence-electron chi connectivity index (χ4n) is 4.11. The smallest absolute Gasteiger partial charge is 0.224 e. The summed E-state index contributed by atoms with van der Waals surface area (Å²) >= 11 is 0. The number of hydrogen-bond acceptors (Lipinski definition) is 3. The summed E-state index contributed by atoms with van der Waals surface area (Å²) in [7, 11) is 0. The number of amides is 2. The van der Waals surface area contributed by atoms with Crippen LogP contribution in [0.4, 0.5) is 0 Å². The first-order valence-electron chi connectivity index (χ1n) is 8.51. The third-order valence-electron chi connectivity index (χ3n) is 5.16. The molecule has 3 fully saturated rings. The Kier molecular flexibility index (Phi) is 4.78. The van der Waals surface area contributed by atoms with Crippen LogP contribution < -0.4 is 10.6 Å². The van der Waals surface area contributed by atoms with E-state index in [2.05, 4.69) is 10.6 Å². The minimum atomic E-state index is 0.121. The summed E-state index contributed by atoms with van der Waals surface area (Å²) in [6.45, 7) is 2.28. The van der Waals surface area contributed by atoms with E-state index in [9.17, 15) is 9.59 Å². The minimum Gasteiger partial charge on any atom is -0.356 e. The molecule has 0 aromatic heterocycles. The van der Waals surface area contributed by atoms with Gasteiger partial charge in [0.15, 0.2) is 0 Å². The first kappa shape index (κ1) is 14.8. The van der Waals surface area contributed by atoms with Crippen molar-refractivity contribution in [3.05, 3.63) is 0 Å². The molecule has 2 N–H and O–H groups in total. The van der Waals surface area contributed by atoms with Crippen LogP contribution in [-0.2, 0) is 9.59 Å². The van der Waals surface area contributed by atoms with Gasteiger partial charge in [-0.2, -0.15) is 0 Å². The van der Waals surface area contributed by atoms with E-state index in [0.717, 1.165) is 38.8 Å². The number of carbonyl (C=O) groups is 2. The molecule has 5 heteroatoms. The number of likely N-dealkylation sites (tertiary alicyclic amines) is 1. The zero-order valence-corrected chi connectivity index (χ0v) is 12.8. The summed E-state index contributed by atoms with van der Waals surface area (Å²) in [6, 6.07) is 1.27. The second-order valence-corrected chi connectivity index (χ2v) is 6.87. The van der Waals surface area contributed by atoms with Gasteiger partial charge < -0.3 is 15.5 Å². The Morgan fingerprint density at radius 3 is 2.43 bits per heavy atom. The van der Waals surface area contributed by atoms with Gasteiger partial charge in [0, 0.05) is 44.6 Å². The van der Waals surface area contributed by atoms with Gasteiger partial charge in [0.1, 0.15) is 0 Å². The van der Waals surface area contributed by atoms with Crippen molar-refractivity contribution in [1.82, 2.24) is 15.5 Å². The van der Waals surface area contributed by atoms with Gasteiger partial charge in [-0.1, -0.05) is 0 Å². The molecule has 3 aliphatic heterocycles. The van der Waals surface area contributed by atoms with E-state index in [0.29, 0.717) is 37.4 Å². The lowest BCUT2D eigenvalue weighted by molar-refractivity contribution is -0.130. The summed E-state index contributed by atoms with van der Waals surface area (Å²) in [5.74, 6) is 0.835. The zero-order valence-electron chi connectivity index (χ0n) is 12.8. The van der Waals surface area contributed by atoms with E-state index < -0.39 is 0 Å². The van der Waals surface area contributed by atoms with Crippen LogP contribution in [0.5, 0.6) is 0 Å². The van der Waals surface area contributed by atoms with Crippen LogP contribution in [0.3, 0.4) is 0 Å². The molecule has 0 aliphatic carbocycles. The van der Waals surface area contributed by atoms with Crippen LogP contribution in [0, 0.1) is 5.92 Å². The molecular weight excluding hydrogens is 266 g/mol. The van der Waals surface area contributed by atoms with Crippen LogP contribution in [0.1, 0.15) is 51.4 Å². The Hall–Kier alpha value is -1.10. The molecule has 5 nitrogen and oxygen atoms in total. The number of hydrogen-bond donors (Lipinski definition) is 2. The summed E-state index contributed by atoms with van der Waals surface area (Å²) in [6.07, 6.45) is 8.13. The highest BCUT2D eigenvalue weighted by molar-refractivity contribution is 5.79. The van der Waals surface area contributed by atoms with Gasteiger partial charge in [-0.05, 0) is 44.4 Å². The van der Waals surface area contributed by atoms with Crippen LogP contribution in [-0.4, -0.2) is 48.4 Å². The van der Waals surface area contributed by atoms with Gasteiger partial charge >= 0.3 is 0 Å². The van der Waals surface area contributed by atoms with Crippen molar-refractivity contribution in [2.24, 2.45) is 5.92 Å². The quantitative estimate of drug-likeness (QED) is 0.796. The summed E-state index contributed by atoms with van der Waals surface area (Å²) in [5.41, 5.74) is 0. The van der Waals surface area contributed by atoms with Crippen LogP contribution in [0.2, 0.25) is 0 Å². The van der Waals surface area contributed by atoms with Crippen molar-refractivity contribution < 1.29 is 9.59 Å². The molecule has 3 saturated heterocycles. The highest BCUT2D eigenvalue weighted by Gasteiger charge is 2.34. The molecule has 3 aliphatic rings. The number of rotatable bonds is 5. The van der Waals surface area contributed by atoms with Gasteiger partial charge in [-0.25, -0.2) is 0 Å². The number of carbonyl (C=O) groups excluding carboxylic acids is 2. The van der Waals surface area contributed by atoms with Crippen LogP contribution in [0.25, 0.3) is 0 Å². The molecular formula is C16H27N3O2. The molecule has 0 spiro atoms. The van der Waals surface area contributed by atoms with Crippen molar-refractivity contribution in [3.63, 3.8) is 0 Å². The minimum absolute atomic E-state index is 0.121. The maximum atomic E-state index is 12.0. The van der Waals surface area contributed by atoms with Crippen molar-refractivity contribution in [1.29, 1.82) is 0 Å². The molecule has 2 bridgehead atoms. The van der Waals surface area contributed by atoms with Gasteiger partial charge in [0.2, 0.25) is 11.8 Å². The summed E-state index contributed by atoms with van der Waals surface area (Å²) in [5, 5.41) is 6.53. The van der Waals surface area contributed by atoms with E-state index in [-0.39, 0.29) is 11.8 Å². The number of fused-ring (bicyclic) bond motifs is 2. The van der Waals surface area contributed by atoms with Crippen molar-refractivity contribution in [3.8, 4) is 0 Å². The average Bonchev–Trinajstić information content (AvgIpc) is 3.09. The molecule has 0 aromatic carbocycles. The van der Waals surface area contributed by atoms with Crippen LogP contribution in [0.15, 0.2) is 0 Å². The second-order valence-electron chi connectivity index (χ2n) is 6.87. The molecule has 21 heavy (non-hydrogen) atoms. The monoisotopic (exact) mass is 293 g/mol. The molecule has 2 unspecified atom stereocenters. The highest BCUT2D eigenvalue weighted by Crippen LogP contribution is 2.32. The lowest BCUT2D eigenvalue weighted by Crippen LogP contribution is -2.40. The van der Waals surface area contributed by atoms with Gasteiger partial charge in [0.05, 0.1) is 0 Å². The molecule has 0 saturated carbocycles. The first-order valence-corrected chi connectivity index (χ1v) is 8.51. The van der Waals surface area contributed by atoms with Crippen molar-refractivity contribution >= 4 is 11.8 Å². The second kappa shape index (κ2) is 6.77. The van der Waals surface area contributed by atoms with E-state index in [1.807, 2.05) is 4.90 Å². The average molecular weight is 293 g/mol. The number of nitrogens with zero attached hydrogens (tertiary/aromatic N) is 1. The number of nitrogens with one attached hydrogen (secondary N) is 2. The van der Waals surface area contributed by atoms with E-state index in [4.69, 9.17) is 0 Å². The zero-order chi connectivity index (χ0) is 14.7. The van der Waals surface area contributed by atoms with Gasteiger partial charge in [0.25, 0.3) is 0 Å². The fraction of sp³-hybridized carbons (Fsp3) is 0.875. The van der Waals surface area contributed by atoms with Crippen molar-refractivity contribution in [2.45, 2.75) is 63.5 Å². The molecule has 118 valence electrons. The first-order chi connectivity index (χ1) is 10.2. The fourth-order valence-corrected chi connectivity index (χ4v) is 4.11. The topological polar surface area (TPSA) is 61.4 Å². The molecule has 2 atom stereocenters. The predicted octanol–water partition coefficient (Wildman–Crippen LogP) is 1.04. The Balaban J connectivity index is 1.32. The standard InChI is InChI=1S/C16H27N3O2/c20-15(11-12-9-13-3-4-14(10-12)18-13)17-6-5-16(21)19-7-1-2-8-19/h12-14,18H,1-11H2,(H,17,20). The molecule has 0 radical (unpaired) electrons. The van der Waals surface area contributed by atoms with E-state index >= 15 is 0 Å². The van der Waals surface area contributed by atoms with Crippen molar-refractivity contribution in [2.75, 3.05) is 19.6 Å². The normalized spacial score (nSPS) is 31.4. The third-order valence-corrected chi connectivity index (χ3v) is 5.16. The largest absolute Gasteiger partial charge is 0.356 e. The van der Waals surface area contributed by atoms with E-state index in [1.165, 1.54) is 12.8 Å². The Labute approximate surface area is 126 Å². The van der Waals surface area contributed by atoms with E-state index in [1.54, 1.807) is 0 Å². The molecule has 2 amide bonds. The lowest BCUT2D eigenvalue weighted by atomic mass is 9.89. The molecule has 3 heterocycles. The Bertz CT molecular complexity index is 381. The summed E-state index contributed by atoms with van der Waals surface area (Å²) < 4.78 is 0. The SMILES string of the molecule is O=C(CC1CC2CCC(C1)N2)NCCC(=O)N1CCCC1. The maximum absolute atomic E-state index is 12.0. The number of piperidine rings is 1. The third kappa shape index (κ3) is 3.96. The molecule has 0 aromatic rings.